The highest BCUT2D eigenvalue weighted by Gasteiger charge is 2.29. The molecule has 1 saturated carbocycles. The van der Waals surface area contributed by atoms with Crippen LogP contribution in [0.25, 0.3) is 0 Å². The SMILES string of the molecule is COC1CC(Nc2cc(C#N)cc(F)c2C)C1. The van der Waals surface area contributed by atoms with Crippen molar-refractivity contribution in [1.82, 2.24) is 0 Å². The fourth-order valence-corrected chi connectivity index (χ4v) is 1.99. The number of ether oxygens (including phenoxy) is 1. The quantitative estimate of drug-likeness (QED) is 0.874. The Labute approximate surface area is 100 Å². The molecule has 0 atom stereocenters. The Hall–Kier alpha value is -1.60. The van der Waals surface area contributed by atoms with Crippen LogP contribution < -0.4 is 5.32 Å². The standard InChI is InChI=1S/C13H15FN2O/c1-8-12(14)3-9(7-15)4-13(8)16-10-5-11(6-10)17-2/h3-4,10-11,16H,5-6H2,1-2H3. The molecular formula is C13H15FN2O. The summed E-state index contributed by atoms with van der Waals surface area (Å²) < 4.78 is 18.7. The third kappa shape index (κ3) is 2.40. The molecule has 0 amide bonds. The van der Waals surface area contributed by atoms with E-state index in [0.717, 1.165) is 12.8 Å². The molecule has 0 radical (unpaired) electrons. The molecular weight excluding hydrogens is 219 g/mol. The first kappa shape index (κ1) is 11.9. The Bertz CT molecular complexity index is 461. The van der Waals surface area contributed by atoms with E-state index in [2.05, 4.69) is 5.32 Å². The summed E-state index contributed by atoms with van der Waals surface area (Å²) in [6.07, 6.45) is 2.15. The lowest BCUT2D eigenvalue weighted by Crippen LogP contribution is -2.40. The topological polar surface area (TPSA) is 45.0 Å². The maximum atomic E-state index is 13.5. The molecule has 2 rings (SSSR count). The number of nitrogens with zero attached hydrogens (tertiary/aromatic N) is 1. The summed E-state index contributed by atoms with van der Waals surface area (Å²) in [7, 11) is 1.70. The molecule has 1 fully saturated rings. The van der Waals surface area contributed by atoms with E-state index in [1.165, 1.54) is 6.07 Å². The fourth-order valence-electron chi connectivity index (χ4n) is 1.99. The van der Waals surface area contributed by atoms with Crippen molar-refractivity contribution in [3.05, 3.63) is 29.1 Å². The molecule has 1 N–H and O–H groups in total. The molecule has 0 bridgehead atoms. The van der Waals surface area contributed by atoms with Crippen molar-refractivity contribution < 1.29 is 9.13 Å². The van der Waals surface area contributed by atoms with Gasteiger partial charge in [0.2, 0.25) is 0 Å². The molecule has 90 valence electrons. The van der Waals surface area contributed by atoms with E-state index >= 15 is 0 Å². The van der Waals surface area contributed by atoms with Crippen LogP contribution in [-0.2, 0) is 4.74 Å². The van der Waals surface area contributed by atoms with E-state index < -0.39 is 0 Å². The summed E-state index contributed by atoms with van der Waals surface area (Å²) in [6.45, 7) is 1.71. The molecule has 3 nitrogen and oxygen atoms in total. The van der Waals surface area contributed by atoms with Crippen molar-refractivity contribution in [2.75, 3.05) is 12.4 Å². The van der Waals surface area contributed by atoms with Gasteiger partial charge in [-0.25, -0.2) is 4.39 Å². The highest BCUT2D eigenvalue weighted by Crippen LogP contribution is 2.29. The first-order chi connectivity index (χ1) is 8.13. The highest BCUT2D eigenvalue weighted by atomic mass is 19.1. The summed E-state index contributed by atoms with van der Waals surface area (Å²) >= 11 is 0. The second kappa shape index (κ2) is 4.72. The van der Waals surface area contributed by atoms with Gasteiger partial charge in [-0.15, -0.1) is 0 Å². The lowest BCUT2D eigenvalue weighted by atomic mass is 9.89. The summed E-state index contributed by atoms with van der Waals surface area (Å²) in [4.78, 5) is 0. The number of nitriles is 1. The monoisotopic (exact) mass is 234 g/mol. The van der Waals surface area contributed by atoms with E-state index in [4.69, 9.17) is 10.00 Å². The lowest BCUT2D eigenvalue weighted by molar-refractivity contribution is 0.0328. The minimum Gasteiger partial charge on any atom is -0.382 e. The molecule has 1 aliphatic rings. The van der Waals surface area contributed by atoms with E-state index in [1.807, 2.05) is 6.07 Å². The second-order valence-electron chi connectivity index (χ2n) is 4.41. The van der Waals surface area contributed by atoms with Crippen LogP contribution >= 0.6 is 0 Å². The molecule has 0 aliphatic heterocycles. The summed E-state index contributed by atoms with van der Waals surface area (Å²) in [6, 6.07) is 5.23. The van der Waals surface area contributed by atoms with Gasteiger partial charge in [0.05, 0.1) is 17.7 Å². The van der Waals surface area contributed by atoms with Crippen molar-refractivity contribution >= 4 is 5.69 Å². The number of methoxy groups -OCH3 is 1. The van der Waals surface area contributed by atoms with Crippen molar-refractivity contribution in [3.8, 4) is 6.07 Å². The van der Waals surface area contributed by atoms with Gasteiger partial charge in [0, 0.05) is 24.4 Å². The minimum atomic E-state index is -0.339. The summed E-state index contributed by atoms with van der Waals surface area (Å²) in [5.74, 6) is -0.339. The second-order valence-corrected chi connectivity index (χ2v) is 4.41. The largest absolute Gasteiger partial charge is 0.382 e. The first-order valence-electron chi connectivity index (χ1n) is 5.63. The van der Waals surface area contributed by atoms with E-state index in [0.29, 0.717) is 29.0 Å². The molecule has 0 aromatic heterocycles. The Morgan fingerprint density at radius 1 is 1.47 bits per heavy atom. The van der Waals surface area contributed by atoms with Gasteiger partial charge >= 0.3 is 0 Å². The molecule has 0 heterocycles. The van der Waals surface area contributed by atoms with Crippen molar-refractivity contribution in [3.63, 3.8) is 0 Å². The molecule has 1 aromatic carbocycles. The van der Waals surface area contributed by atoms with Crippen molar-refractivity contribution in [2.45, 2.75) is 31.9 Å². The molecule has 1 aliphatic carbocycles. The zero-order chi connectivity index (χ0) is 12.4. The molecule has 4 heteroatoms. The zero-order valence-corrected chi connectivity index (χ0v) is 9.96. The van der Waals surface area contributed by atoms with Gasteiger partial charge in [0.25, 0.3) is 0 Å². The zero-order valence-electron chi connectivity index (χ0n) is 9.96. The maximum Gasteiger partial charge on any atom is 0.129 e. The highest BCUT2D eigenvalue weighted by molar-refractivity contribution is 5.56. The smallest absolute Gasteiger partial charge is 0.129 e. The fraction of sp³-hybridized carbons (Fsp3) is 0.462. The Morgan fingerprint density at radius 3 is 2.76 bits per heavy atom. The van der Waals surface area contributed by atoms with Crippen LogP contribution in [0, 0.1) is 24.1 Å². The number of hydrogen-bond donors (Lipinski definition) is 1. The molecule has 17 heavy (non-hydrogen) atoms. The average Bonchev–Trinajstić information content (AvgIpc) is 2.27. The predicted molar refractivity (Wildman–Crippen MR) is 63.3 cm³/mol. The van der Waals surface area contributed by atoms with Crippen molar-refractivity contribution in [2.24, 2.45) is 0 Å². The van der Waals surface area contributed by atoms with Gasteiger partial charge in [0.1, 0.15) is 5.82 Å². The van der Waals surface area contributed by atoms with E-state index in [9.17, 15) is 4.39 Å². The predicted octanol–water partition coefficient (Wildman–Crippen LogP) is 2.60. The Kier molecular flexibility index (Phi) is 3.30. The maximum absolute atomic E-state index is 13.5. The molecule has 0 saturated heterocycles. The number of benzene rings is 1. The van der Waals surface area contributed by atoms with Gasteiger partial charge in [-0.2, -0.15) is 5.26 Å². The van der Waals surface area contributed by atoms with Crippen LogP contribution in [0.4, 0.5) is 10.1 Å². The van der Waals surface area contributed by atoms with Gasteiger partial charge in [-0.05, 0) is 31.9 Å². The van der Waals surface area contributed by atoms with Crippen LogP contribution in [0.15, 0.2) is 12.1 Å². The molecule has 0 spiro atoms. The van der Waals surface area contributed by atoms with Crippen LogP contribution in [-0.4, -0.2) is 19.3 Å². The number of nitrogens with one attached hydrogen (secondary N) is 1. The van der Waals surface area contributed by atoms with Crippen molar-refractivity contribution in [1.29, 1.82) is 5.26 Å². The lowest BCUT2D eigenvalue weighted by Gasteiger charge is -2.35. The number of hydrogen-bond acceptors (Lipinski definition) is 3. The normalized spacial score (nSPS) is 22.7. The van der Waals surface area contributed by atoms with E-state index in [-0.39, 0.29) is 5.82 Å². The van der Waals surface area contributed by atoms with E-state index in [1.54, 1.807) is 20.1 Å². The third-order valence-corrected chi connectivity index (χ3v) is 3.26. The van der Waals surface area contributed by atoms with Crippen LogP contribution in [0.1, 0.15) is 24.0 Å². The Balaban J connectivity index is 2.11. The third-order valence-electron chi connectivity index (χ3n) is 3.26. The summed E-state index contributed by atoms with van der Waals surface area (Å²) in [5.41, 5.74) is 1.61. The van der Waals surface area contributed by atoms with Gasteiger partial charge in [-0.3, -0.25) is 0 Å². The number of halogens is 1. The minimum absolute atomic E-state index is 0.303. The average molecular weight is 234 g/mol. The number of anilines is 1. The van der Waals surface area contributed by atoms with Gasteiger partial charge < -0.3 is 10.1 Å². The molecule has 1 aromatic rings. The first-order valence-corrected chi connectivity index (χ1v) is 5.63. The number of rotatable bonds is 3. The molecule has 0 unspecified atom stereocenters. The van der Waals surface area contributed by atoms with Crippen LogP contribution in [0.5, 0.6) is 0 Å². The Morgan fingerprint density at radius 2 is 2.18 bits per heavy atom. The van der Waals surface area contributed by atoms with Crippen LogP contribution in [0.2, 0.25) is 0 Å². The van der Waals surface area contributed by atoms with Gasteiger partial charge in [-0.1, -0.05) is 0 Å². The van der Waals surface area contributed by atoms with Gasteiger partial charge in [0.15, 0.2) is 0 Å². The summed E-state index contributed by atoms with van der Waals surface area (Å²) in [5, 5.41) is 12.1. The van der Waals surface area contributed by atoms with Crippen LogP contribution in [0.3, 0.4) is 0 Å².